The van der Waals surface area contributed by atoms with Gasteiger partial charge in [-0.3, -0.25) is 9.59 Å². The van der Waals surface area contributed by atoms with E-state index in [0.29, 0.717) is 35.6 Å². The zero-order valence-corrected chi connectivity index (χ0v) is 16.4. The van der Waals surface area contributed by atoms with Gasteiger partial charge in [-0.25, -0.2) is 0 Å². The lowest BCUT2D eigenvalue weighted by Gasteiger charge is -2.38. The SMILES string of the molecule is CCN(C(=O)C1CCN(C(=O)c2ccccc2Cl)CC1)C1CCCCC1. The van der Waals surface area contributed by atoms with Crippen molar-refractivity contribution in [2.24, 2.45) is 5.92 Å². The average Bonchev–Trinajstić information content (AvgIpc) is 2.69. The van der Waals surface area contributed by atoms with Crippen LogP contribution < -0.4 is 0 Å². The Kier molecular flexibility index (Phi) is 6.58. The van der Waals surface area contributed by atoms with Crippen LogP contribution in [0.4, 0.5) is 0 Å². The molecule has 1 aromatic carbocycles. The van der Waals surface area contributed by atoms with E-state index in [1.165, 1.54) is 19.3 Å². The van der Waals surface area contributed by atoms with Crippen LogP contribution in [0.5, 0.6) is 0 Å². The predicted octanol–water partition coefficient (Wildman–Crippen LogP) is 4.37. The molecule has 1 aliphatic heterocycles. The van der Waals surface area contributed by atoms with Gasteiger partial charge in [-0.1, -0.05) is 43.0 Å². The smallest absolute Gasteiger partial charge is 0.255 e. The van der Waals surface area contributed by atoms with Crippen LogP contribution in [0.3, 0.4) is 0 Å². The highest BCUT2D eigenvalue weighted by Gasteiger charge is 2.33. The lowest BCUT2D eigenvalue weighted by Crippen LogP contribution is -2.48. The molecule has 0 N–H and O–H groups in total. The molecule has 0 radical (unpaired) electrons. The van der Waals surface area contributed by atoms with Crippen LogP contribution >= 0.6 is 11.6 Å². The summed E-state index contributed by atoms with van der Waals surface area (Å²) in [5.41, 5.74) is 0.552. The molecule has 0 spiro atoms. The number of hydrogen-bond donors (Lipinski definition) is 0. The lowest BCUT2D eigenvalue weighted by molar-refractivity contribution is -0.139. The minimum absolute atomic E-state index is 0.0267. The van der Waals surface area contributed by atoms with Gasteiger partial charge in [-0.2, -0.15) is 0 Å². The molecule has 2 aliphatic rings. The number of rotatable bonds is 4. The van der Waals surface area contributed by atoms with Crippen molar-refractivity contribution in [2.45, 2.75) is 57.9 Å². The standard InChI is InChI=1S/C21H29ClN2O2/c1-2-24(17-8-4-3-5-9-17)20(25)16-12-14-23(15-13-16)21(26)18-10-6-7-11-19(18)22/h6-7,10-11,16-17H,2-5,8-9,12-15H2,1H3. The summed E-state index contributed by atoms with van der Waals surface area (Å²) in [5.74, 6) is 0.317. The molecule has 0 atom stereocenters. The molecule has 1 aromatic rings. The van der Waals surface area contributed by atoms with Crippen molar-refractivity contribution in [3.8, 4) is 0 Å². The molecule has 0 bridgehead atoms. The third-order valence-corrected chi connectivity index (χ3v) is 6.20. The molecule has 1 heterocycles. The summed E-state index contributed by atoms with van der Waals surface area (Å²) in [7, 11) is 0. The minimum Gasteiger partial charge on any atom is -0.340 e. The molecule has 142 valence electrons. The molecule has 26 heavy (non-hydrogen) atoms. The Morgan fingerprint density at radius 1 is 1.08 bits per heavy atom. The summed E-state index contributed by atoms with van der Waals surface area (Å²) in [5, 5.41) is 0.491. The van der Waals surface area contributed by atoms with E-state index in [1.807, 2.05) is 17.0 Å². The maximum absolute atomic E-state index is 13.0. The van der Waals surface area contributed by atoms with Gasteiger partial charge in [0.25, 0.3) is 5.91 Å². The Hall–Kier alpha value is -1.55. The van der Waals surface area contributed by atoms with Gasteiger partial charge in [0.1, 0.15) is 0 Å². The first kappa shape index (κ1) is 19.2. The molecule has 2 fully saturated rings. The quantitative estimate of drug-likeness (QED) is 0.782. The van der Waals surface area contributed by atoms with E-state index in [4.69, 9.17) is 11.6 Å². The van der Waals surface area contributed by atoms with Gasteiger partial charge in [-0.05, 0) is 44.7 Å². The van der Waals surface area contributed by atoms with Gasteiger partial charge in [0, 0.05) is 31.6 Å². The normalized spacial score (nSPS) is 19.4. The van der Waals surface area contributed by atoms with Crippen molar-refractivity contribution < 1.29 is 9.59 Å². The molecule has 0 aromatic heterocycles. The number of benzene rings is 1. The predicted molar refractivity (Wildman–Crippen MR) is 104 cm³/mol. The van der Waals surface area contributed by atoms with Gasteiger partial charge in [-0.15, -0.1) is 0 Å². The van der Waals surface area contributed by atoms with E-state index in [-0.39, 0.29) is 11.8 Å². The Balaban J connectivity index is 1.58. The van der Waals surface area contributed by atoms with Crippen molar-refractivity contribution in [3.05, 3.63) is 34.9 Å². The lowest BCUT2D eigenvalue weighted by atomic mass is 9.90. The van der Waals surface area contributed by atoms with Crippen molar-refractivity contribution in [1.29, 1.82) is 0 Å². The fraction of sp³-hybridized carbons (Fsp3) is 0.619. The minimum atomic E-state index is -0.0267. The van der Waals surface area contributed by atoms with Gasteiger partial charge >= 0.3 is 0 Å². The topological polar surface area (TPSA) is 40.6 Å². The van der Waals surface area contributed by atoms with E-state index in [1.54, 1.807) is 12.1 Å². The second-order valence-electron chi connectivity index (χ2n) is 7.46. The number of nitrogens with zero attached hydrogens (tertiary/aromatic N) is 2. The second-order valence-corrected chi connectivity index (χ2v) is 7.87. The molecule has 0 unspecified atom stereocenters. The van der Waals surface area contributed by atoms with Crippen LogP contribution in [-0.4, -0.2) is 47.3 Å². The van der Waals surface area contributed by atoms with E-state index < -0.39 is 0 Å². The van der Waals surface area contributed by atoms with Gasteiger partial charge in [0.15, 0.2) is 0 Å². The number of carbonyl (C=O) groups excluding carboxylic acids is 2. The van der Waals surface area contributed by atoms with E-state index >= 15 is 0 Å². The van der Waals surface area contributed by atoms with E-state index in [9.17, 15) is 9.59 Å². The number of piperidine rings is 1. The molecule has 1 saturated carbocycles. The number of amides is 2. The van der Waals surface area contributed by atoms with E-state index in [0.717, 1.165) is 32.2 Å². The molecule has 1 aliphatic carbocycles. The van der Waals surface area contributed by atoms with Crippen LogP contribution in [0.1, 0.15) is 62.2 Å². The van der Waals surface area contributed by atoms with Crippen LogP contribution in [0.25, 0.3) is 0 Å². The summed E-state index contributed by atoms with van der Waals surface area (Å²) in [6.07, 6.45) is 7.55. The maximum atomic E-state index is 13.0. The molecule has 2 amide bonds. The summed E-state index contributed by atoms with van der Waals surface area (Å²) in [6, 6.07) is 7.59. The average molecular weight is 377 g/mol. The number of carbonyl (C=O) groups is 2. The highest BCUT2D eigenvalue weighted by Crippen LogP contribution is 2.28. The molecule has 4 nitrogen and oxygen atoms in total. The molecule has 3 rings (SSSR count). The Morgan fingerprint density at radius 3 is 2.35 bits per heavy atom. The first-order valence-corrected chi connectivity index (χ1v) is 10.3. The number of halogens is 1. The Labute approximate surface area is 161 Å². The highest BCUT2D eigenvalue weighted by atomic mass is 35.5. The van der Waals surface area contributed by atoms with Gasteiger partial charge in [0.05, 0.1) is 10.6 Å². The van der Waals surface area contributed by atoms with Crippen LogP contribution in [-0.2, 0) is 4.79 Å². The fourth-order valence-electron chi connectivity index (χ4n) is 4.36. The zero-order valence-electron chi connectivity index (χ0n) is 15.6. The third-order valence-electron chi connectivity index (χ3n) is 5.87. The number of likely N-dealkylation sites (tertiary alicyclic amines) is 1. The zero-order chi connectivity index (χ0) is 18.5. The monoisotopic (exact) mass is 376 g/mol. The van der Waals surface area contributed by atoms with Crippen molar-refractivity contribution in [3.63, 3.8) is 0 Å². The van der Waals surface area contributed by atoms with Crippen LogP contribution in [0.15, 0.2) is 24.3 Å². The summed E-state index contributed by atoms with van der Waals surface area (Å²) in [6.45, 7) is 4.14. The largest absolute Gasteiger partial charge is 0.340 e. The second kappa shape index (κ2) is 8.90. The van der Waals surface area contributed by atoms with Gasteiger partial charge in [0.2, 0.25) is 5.91 Å². The number of hydrogen-bond acceptors (Lipinski definition) is 2. The van der Waals surface area contributed by atoms with Gasteiger partial charge < -0.3 is 9.80 Å². The first-order chi connectivity index (χ1) is 12.6. The summed E-state index contributed by atoms with van der Waals surface area (Å²) in [4.78, 5) is 29.7. The molecular formula is C21H29ClN2O2. The van der Waals surface area contributed by atoms with Crippen LogP contribution in [0, 0.1) is 5.92 Å². The molecule has 5 heteroatoms. The first-order valence-electron chi connectivity index (χ1n) is 9.96. The van der Waals surface area contributed by atoms with E-state index in [2.05, 4.69) is 11.8 Å². The summed E-state index contributed by atoms with van der Waals surface area (Å²) < 4.78 is 0. The Morgan fingerprint density at radius 2 is 1.73 bits per heavy atom. The van der Waals surface area contributed by atoms with Crippen molar-refractivity contribution in [2.75, 3.05) is 19.6 Å². The fourth-order valence-corrected chi connectivity index (χ4v) is 4.57. The molecular weight excluding hydrogens is 348 g/mol. The third kappa shape index (κ3) is 4.22. The van der Waals surface area contributed by atoms with Crippen molar-refractivity contribution >= 4 is 23.4 Å². The summed E-state index contributed by atoms with van der Waals surface area (Å²) >= 11 is 6.16. The van der Waals surface area contributed by atoms with Crippen LogP contribution in [0.2, 0.25) is 5.02 Å². The maximum Gasteiger partial charge on any atom is 0.255 e. The molecule has 1 saturated heterocycles. The highest BCUT2D eigenvalue weighted by molar-refractivity contribution is 6.33. The van der Waals surface area contributed by atoms with Crippen molar-refractivity contribution in [1.82, 2.24) is 9.80 Å². The Bertz CT molecular complexity index is 635.